The average molecular weight is 364 g/mol. The van der Waals surface area contributed by atoms with E-state index in [2.05, 4.69) is 4.98 Å². The summed E-state index contributed by atoms with van der Waals surface area (Å²) in [4.78, 5) is 30.0. The highest BCUT2D eigenvalue weighted by molar-refractivity contribution is 5.89. The zero-order valence-corrected chi connectivity index (χ0v) is 16.2. The van der Waals surface area contributed by atoms with E-state index >= 15 is 0 Å². The van der Waals surface area contributed by atoms with Gasteiger partial charge in [0.1, 0.15) is 5.60 Å². The molecule has 1 fully saturated rings. The molecule has 2 heterocycles. The molecule has 2 rings (SSSR count). The number of ether oxygens (including phenoxy) is 3. The molecule has 0 radical (unpaired) electrons. The first-order valence-electron chi connectivity index (χ1n) is 8.82. The number of hydrogen-bond acceptors (Lipinski definition) is 6. The third-order valence-electron chi connectivity index (χ3n) is 4.22. The Bertz CT molecular complexity index is 654. The molecule has 0 saturated carbocycles. The van der Waals surface area contributed by atoms with Crippen LogP contribution in [-0.2, 0) is 15.9 Å². The minimum atomic E-state index is -0.508. The number of amides is 1. The van der Waals surface area contributed by atoms with Gasteiger partial charge in [-0.15, -0.1) is 0 Å². The second kappa shape index (κ2) is 8.38. The van der Waals surface area contributed by atoms with Gasteiger partial charge in [0.2, 0.25) is 5.88 Å². The summed E-state index contributed by atoms with van der Waals surface area (Å²) in [5.41, 5.74) is 0.723. The fourth-order valence-corrected chi connectivity index (χ4v) is 3.09. The fourth-order valence-electron chi connectivity index (χ4n) is 3.09. The highest BCUT2D eigenvalue weighted by Gasteiger charge is 2.28. The Morgan fingerprint density at radius 2 is 2.04 bits per heavy atom. The predicted molar refractivity (Wildman–Crippen MR) is 96.4 cm³/mol. The number of hydrogen-bond donors (Lipinski definition) is 0. The maximum atomic E-state index is 12.3. The summed E-state index contributed by atoms with van der Waals surface area (Å²) in [6.07, 6.45) is 3.74. The molecule has 1 amide bonds. The molecular weight excluding hydrogens is 336 g/mol. The molecule has 0 spiro atoms. The number of carbonyl (C=O) groups excluding carboxylic acids is 2. The van der Waals surface area contributed by atoms with Crippen molar-refractivity contribution in [2.24, 2.45) is 5.92 Å². The van der Waals surface area contributed by atoms with Crippen LogP contribution in [0.5, 0.6) is 5.88 Å². The SMILES string of the molecule is COC(=O)c1cnc(OC)c(CC2CCCN(C(=O)OC(C)(C)C)C2)c1. The molecule has 1 atom stereocenters. The zero-order valence-electron chi connectivity index (χ0n) is 16.2. The van der Waals surface area contributed by atoms with Crippen LogP contribution >= 0.6 is 0 Å². The lowest BCUT2D eigenvalue weighted by Crippen LogP contribution is -2.43. The van der Waals surface area contributed by atoms with Crippen LogP contribution in [0.1, 0.15) is 49.5 Å². The predicted octanol–water partition coefficient (Wildman–Crippen LogP) is 3.07. The summed E-state index contributed by atoms with van der Waals surface area (Å²) in [5.74, 6) is 0.312. The third kappa shape index (κ3) is 5.34. The first-order valence-corrected chi connectivity index (χ1v) is 8.82. The van der Waals surface area contributed by atoms with Gasteiger partial charge in [0, 0.05) is 24.8 Å². The monoisotopic (exact) mass is 364 g/mol. The van der Waals surface area contributed by atoms with Crippen molar-refractivity contribution in [2.75, 3.05) is 27.3 Å². The molecule has 0 bridgehead atoms. The number of nitrogens with zero attached hydrogens (tertiary/aromatic N) is 2. The Morgan fingerprint density at radius 1 is 1.31 bits per heavy atom. The largest absolute Gasteiger partial charge is 0.481 e. The van der Waals surface area contributed by atoms with E-state index in [9.17, 15) is 9.59 Å². The maximum absolute atomic E-state index is 12.3. The van der Waals surface area contributed by atoms with Crippen molar-refractivity contribution in [1.82, 2.24) is 9.88 Å². The molecule has 1 saturated heterocycles. The van der Waals surface area contributed by atoms with Crippen molar-refractivity contribution < 1.29 is 23.8 Å². The van der Waals surface area contributed by atoms with Gasteiger partial charge in [-0.3, -0.25) is 0 Å². The van der Waals surface area contributed by atoms with Gasteiger partial charge in [0.05, 0.1) is 19.8 Å². The number of pyridine rings is 1. The van der Waals surface area contributed by atoms with Gasteiger partial charge in [-0.1, -0.05) is 0 Å². The van der Waals surface area contributed by atoms with Crippen LogP contribution in [0.3, 0.4) is 0 Å². The molecule has 1 aliphatic heterocycles. The number of rotatable bonds is 4. The Labute approximate surface area is 154 Å². The molecule has 1 aliphatic rings. The summed E-state index contributed by atoms with van der Waals surface area (Å²) in [6.45, 7) is 6.90. The molecule has 1 aromatic heterocycles. The van der Waals surface area contributed by atoms with Crippen molar-refractivity contribution in [2.45, 2.75) is 45.6 Å². The highest BCUT2D eigenvalue weighted by Crippen LogP contribution is 2.26. The van der Waals surface area contributed by atoms with E-state index in [1.807, 2.05) is 20.8 Å². The van der Waals surface area contributed by atoms with E-state index in [4.69, 9.17) is 14.2 Å². The fraction of sp³-hybridized carbons (Fsp3) is 0.632. The summed E-state index contributed by atoms with van der Waals surface area (Å²) >= 11 is 0. The summed E-state index contributed by atoms with van der Waals surface area (Å²) < 4.78 is 15.6. The van der Waals surface area contributed by atoms with Crippen LogP contribution < -0.4 is 4.74 Å². The lowest BCUT2D eigenvalue weighted by molar-refractivity contribution is 0.0166. The van der Waals surface area contributed by atoms with Crippen molar-refractivity contribution in [3.63, 3.8) is 0 Å². The normalized spacial score (nSPS) is 17.6. The van der Waals surface area contributed by atoms with Crippen molar-refractivity contribution in [3.05, 3.63) is 23.4 Å². The van der Waals surface area contributed by atoms with Crippen LogP contribution in [0, 0.1) is 5.92 Å². The Hall–Kier alpha value is -2.31. The molecule has 1 aromatic rings. The molecule has 26 heavy (non-hydrogen) atoms. The third-order valence-corrected chi connectivity index (χ3v) is 4.22. The van der Waals surface area contributed by atoms with E-state index in [-0.39, 0.29) is 12.0 Å². The first-order chi connectivity index (χ1) is 12.2. The summed E-state index contributed by atoms with van der Waals surface area (Å²) in [7, 11) is 2.89. The molecule has 0 aliphatic carbocycles. The van der Waals surface area contributed by atoms with Gasteiger partial charge >= 0.3 is 12.1 Å². The molecule has 7 heteroatoms. The Morgan fingerprint density at radius 3 is 2.65 bits per heavy atom. The molecule has 144 valence electrons. The summed E-state index contributed by atoms with van der Waals surface area (Å²) in [5, 5.41) is 0. The van der Waals surface area contributed by atoms with Crippen molar-refractivity contribution in [3.8, 4) is 5.88 Å². The topological polar surface area (TPSA) is 78.0 Å². The van der Waals surface area contributed by atoms with Crippen LogP contribution in [0.25, 0.3) is 0 Å². The minimum Gasteiger partial charge on any atom is -0.481 e. The maximum Gasteiger partial charge on any atom is 0.410 e. The van der Waals surface area contributed by atoms with Gasteiger partial charge < -0.3 is 19.1 Å². The summed E-state index contributed by atoms with van der Waals surface area (Å²) in [6, 6.07) is 1.75. The lowest BCUT2D eigenvalue weighted by atomic mass is 9.91. The molecule has 0 aromatic carbocycles. The van der Waals surface area contributed by atoms with E-state index in [1.165, 1.54) is 13.3 Å². The van der Waals surface area contributed by atoms with Gasteiger partial charge in [-0.25, -0.2) is 14.6 Å². The van der Waals surface area contributed by atoms with Crippen molar-refractivity contribution >= 4 is 12.1 Å². The number of likely N-dealkylation sites (tertiary alicyclic amines) is 1. The lowest BCUT2D eigenvalue weighted by Gasteiger charge is -2.34. The molecule has 7 nitrogen and oxygen atoms in total. The Balaban J connectivity index is 2.10. The number of esters is 1. The molecular formula is C19H28N2O5. The quantitative estimate of drug-likeness (QED) is 0.764. The highest BCUT2D eigenvalue weighted by atomic mass is 16.6. The number of aromatic nitrogens is 1. The van der Waals surface area contributed by atoms with Gasteiger partial charge in [-0.05, 0) is 52.0 Å². The smallest absolute Gasteiger partial charge is 0.410 e. The second-order valence-corrected chi connectivity index (χ2v) is 7.52. The van der Waals surface area contributed by atoms with Gasteiger partial charge in [-0.2, -0.15) is 0 Å². The average Bonchev–Trinajstić information content (AvgIpc) is 2.59. The zero-order chi connectivity index (χ0) is 19.3. The van der Waals surface area contributed by atoms with E-state index < -0.39 is 11.6 Å². The van der Waals surface area contributed by atoms with Crippen LogP contribution in [0.2, 0.25) is 0 Å². The number of methoxy groups -OCH3 is 2. The number of carbonyl (C=O) groups is 2. The van der Waals surface area contributed by atoms with Crippen LogP contribution in [0.4, 0.5) is 4.79 Å². The number of piperidine rings is 1. The standard InChI is InChI=1S/C19H28N2O5/c1-19(2,3)26-18(23)21-8-6-7-13(12-21)9-14-10-15(17(22)25-5)11-20-16(14)24-4/h10-11,13H,6-9,12H2,1-5H3. The van der Waals surface area contributed by atoms with E-state index in [1.54, 1.807) is 18.1 Å². The minimum absolute atomic E-state index is 0.250. The Kier molecular flexibility index (Phi) is 6.45. The van der Waals surface area contributed by atoms with Gasteiger partial charge in [0.15, 0.2) is 0 Å². The molecule has 0 N–H and O–H groups in total. The van der Waals surface area contributed by atoms with Crippen molar-refractivity contribution in [1.29, 1.82) is 0 Å². The van der Waals surface area contributed by atoms with E-state index in [0.717, 1.165) is 18.4 Å². The molecule has 1 unspecified atom stereocenters. The first kappa shape index (κ1) is 20.0. The van der Waals surface area contributed by atoms with Gasteiger partial charge in [0.25, 0.3) is 0 Å². The van der Waals surface area contributed by atoms with Crippen LogP contribution in [0.15, 0.2) is 12.3 Å². The van der Waals surface area contributed by atoms with Crippen LogP contribution in [-0.4, -0.2) is 54.9 Å². The second-order valence-electron chi connectivity index (χ2n) is 7.52. The van der Waals surface area contributed by atoms with E-state index in [0.29, 0.717) is 31.0 Å².